The summed E-state index contributed by atoms with van der Waals surface area (Å²) in [4.78, 5) is 13.5. The first kappa shape index (κ1) is 23.9. The number of likely N-dealkylation sites (N-methyl/N-ethyl adjacent to an activating group) is 1. The van der Waals surface area contributed by atoms with Gasteiger partial charge in [0.1, 0.15) is 0 Å². The van der Waals surface area contributed by atoms with E-state index in [1.807, 2.05) is 0 Å². The quantitative estimate of drug-likeness (QED) is 0.321. The molecule has 0 spiro atoms. The van der Waals surface area contributed by atoms with Gasteiger partial charge in [-0.3, -0.25) is 4.79 Å². The second kappa shape index (κ2) is 10.6. The zero-order valence-corrected chi connectivity index (χ0v) is 19.1. The molecule has 0 amide bonds. The topological polar surface area (TPSA) is 48.0 Å². The first-order valence-corrected chi connectivity index (χ1v) is 10.8. The third kappa shape index (κ3) is 7.12. The predicted octanol–water partition coefficient (Wildman–Crippen LogP) is 3.58. The van der Waals surface area contributed by atoms with E-state index in [0.717, 1.165) is 44.2 Å². The zero-order chi connectivity index (χ0) is 21.5. The Balaban J connectivity index is 1.66. The summed E-state index contributed by atoms with van der Waals surface area (Å²) < 4.78 is 16.9. The summed E-state index contributed by atoms with van der Waals surface area (Å²) in [7, 11) is 3.33. The predicted molar refractivity (Wildman–Crippen MR) is 118 cm³/mol. The van der Waals surface area contributed by atoms with Crippen LogP contribution in [0, 0.1) is 0 Å². The van der Waals surface area contributed by atoms with E-state index in [9.17, 15) is 4.79 Å². The Kier molecular flexibility index (Phi) is 8.74. The van der Waals surface area contributed by atoms with Crippen molar-refractivity contribution in [2.75, 3.05) is 27.2 Å². The number of esters is 1. The second-order valence-corrected chi connectivity index (χ2v) is 9.12. The number of nitrogens with zero attached hydrogens (tertiary/aromatic N) is 1. The molecule has 0 aromatic heterocycles. The minimum atomic E-state index is -0.307. The van der Waals surface area contributed by atoms with Gasteiger partial charge in [-0.25, -0.2) is 0 Å². The minimum absolute atomic E-state index is 0.105. The summed E-state index contributed by atoms with van der Waals surface area (Å²) in [5.74, 6) is -0.105. The van der Waals surface area contributed by atoms with Gasteiger partial charge in [-0.2, -0.15) is 0 Å². The molecule has 0 N–H and O–H groups in total. The van der Waals surface area contributed by atoms with E-state index in [2.05, 4.69) is 68.6 Å². The first-order valence-electron chi connectivity index (χ1n) is 10.8. The number of ether oxygens (including phenoxy) is 1. The van der Waals surface area contributed by atoms with E-state index < -0.39 is 0 Å². The van der Waals surface area contributed by atoms with Crippen LogP contribution in [0.4, 0.5) is 0 Å². The van der Waals surface area contributed by atoms with Crippen molar-refractivity contribution in [3.05, 3.63) is 29.8 Å². The number of unbranched alkanes of at least 4 members (excludes halogenated alkanes) is 3. The van der Waals surface area contributed by atoms with Crippen LogP contribution in [0.3, 0.4) is 0 Å². The Bertz CT molecular complexity index is 629. The Morgan fingerprint density at radius 2 is 1.55 bits per heavy atom. The van der Waals surface area contributed by atoms with Crippen molar-refractivity contribution >= 4 is 18.6 Å². The number of carbonyl (C=O) groups is 1. The molecule has 2 rings (SSSR count). The van der Waals surface area contributed by atoms with Crippen LogP contribution in [-0.2, 0) is 25.3 Å². The van der Waals surface area contributed by atoms with Crippen molar-refractivity contribution in [1.82, 2.24) is 4.90 Å². The van der Waals surface area contributed by atoms with Gasteiger partial charge in [0.25, 0.3) is 0 Å². The first-order chi connectivity index (χ1) is 13.6. The minimum Gasteiger partial charge on any atom is -0.469 e. The van der Waals surface area contributed by atoms with Gasteiger partial charge in [0.15, 0.2) is 0 Å². The maximum Gasteiger partial charge on any atom is 0.494 e. The van der Waals surface area contributed by atoms with Crippen LogP contribution >= 0.6 is 0 Å². The van der Waals surface area contributed by atoms with Crippen LogP contribution in [0.25, 0.3) is 0 Å². The van der Waals surface area contributed by atoms with E-state index >= 15 is 0 Å². The summed E-state index contributed by atoms with van der Waals surface area (Å²) >= 11 is 0. The van der Waals surface area contributed by atoms with Crippen LogP contribution in [0.15, 0.2) is 24.3 Å². The summed E-state index contributed by atoms with van der Waals surface area (Å²) in [5.41, 5.74) is 1.79. The maximum atomic E-state index is 11.1. The lowest BCUT2D eigenvalue weighted by Crippen LogP contribution is -2.41. The van der Waals surface area contributed by atoms with E-state index in [0.29, 0.717) is 6.42 Å². The highest BCUT2D eigenvalue weighted by atomic mass is 16.7. The van der Waals surface area contributed by atoms with Crippen molar-refractivity contribution in [2.45, 2.75) is 77.4 Å². The fourth-order valence-corrected chi connectivity index (χ4v) is 3.36. The molecule has 0 atom stereocenters. The number of methoxy groups -OCH3 is 1. The number of hydrogen-bond donors (Lipinski definition) is 0. The molecule has 6 heteroatoms. The van der Waals surface area contributed by atoms with Gasteiger partial charge in [-0.1, -0.05) is 37.1 Å². The zero-order valence-electron chi connectivity index (χ0n) is 19.1. The molecule has 1 aliphatic rings. The fourth-order valence-electron chi connectivity index (χ4n) is 3.36. The number of hydrogen-bond acceptors (Lipinski definition) is 5. The number of carbonyl (C=O) groups excluding carboxylic acids is 1. The van der Waals surface area contributed by atoms with Gasteiger partial charge in [-0.05, 0) is 71.6 Å². The monoisotopic (exact) mass is 403 g/mol. The van der Waals surface area contributed by atoms with Crippen molar-refractivity contribution < 1.29 is 18.8 Å². The molecule has 0 radical (unpaired) electrons. The highest BCUT2D eigenvalue weighted by molar-refractivity contribution is 6.62. The Hall–Kier alpha value is -1.37. The lowest BCUT2D eigenvalue weighted by Gasteiger charge is -2.32. The summed E-state index contributed by atoms with van der Waals surface area (Å²) in [5, 5.41) is 0. The highest BCUT2D eigenvalue weighted by Crippen LogP contribution is 2.36. The van der Waals surface area contributed by atoms with E-state index in [4.69, 9.17) is 9.31 Å². The highest BCUT2D eigenvalue weighted by Gasteiger charge is 2.51. The molecule has 1 saturated heterocycles. The second-order valence-electron chi connectivity index (χ2n) is 9.12. The molecule has 1 aliphatic heterocycles. The lowest BCUT2D eigenvalue weighted by atomic mass is 9.79. The van der Waals surface area contributed by atoms with Gasteiger partial charge in [0, 0.05) is 13.0 Å². The van der Waals surface area contributed by atoms with E-state index in [1.54, 1.807) is 0 Å². The standard InChI is InChI=1S/C23H38BNO4/c1-22(2)23(3,4)29-24(28-22)20-14-12-19(13-15-20)16-18-25(5)17-10-8-7-9-11-21(26)27-6/h12-15H,7-11,16-18H2,1-6H3. The van der Waals surface area contributed by atoms with Crippen molar-refractivity contribution in [1.29, 1.82) is 0 Å². The summed E-state index contributed by atoms with van der Waals surface area (Å²) in [6.07, 6.45) is 5.90. The van der Waals surface area contributed by atoms with Crippen molar-refractivity contribution in [3.8, 4) is 0 Å². The molecule has 1 aromatic carbocycles. The molecular formula is C23H38BNO4. The molecule has 162 valence electrons. The average Bonchev–Trinajstić information content (AvgIpc) is 2.90. The van der Waals surface area contributed by atoms with E-state index in [1.165, 1.54) is 19.1 Å². The van der Waals surface area contributed by atoms with E-state index in [-0.39, 0.29) is 24.3 Å². The van der Waals surface area contributed by atoms with Gasteiger partial charge >= 0.3 is 13.1 Å². The van der Waals surface area contributed by atoms with Crippen LogP contribution in [0.1, 0.15) is 65.4 Å². The smallest absolute Gasteiger partial charge is 0.469 e. The lowest BCUT2D eigenvalue weighted by molar-refractivity contribution is -0.140. The maximum absolute atomic E-state index is 11.1. The molecule has 0 saturated carbocycles. The largest absolute Gasteiger partial charge is 0.494 e. The molecule has 0 unspecified atom stereocenters. The molecule has 1 heterocycles. The van der Waals surface area contributed by atoms with Crippen molar-refractivity contribution in [2.24, 2.45) is 0 Å². The molecule has 0 aliphatic carbocycles. The molecule has 1 fully saturated rings. The number of rotatable bonds is 11. The number of benzene rings is 1. The van der Waals surface area contributed by atoms with Gasteiger partial charge in [-0.15, -0.1) is 0 Å². The average molecular weight is 403 g/mol. The van der Waals surface area contributed by atoms with Crippen molar-refractivity contribution in [3.63, 3.8) is 0 Å². The van der Waals surface area contributed by atoms with Crippen LogP contribution < -0.4 is 5.46 Å². The third-order valence-electron chi connectivity index (χ3n) is 6.19. The van der Waals surface area contributed by atoms with Crippen LogP contribution in [0.5, 0.6) is 0 Å². The van der Waals surface area contributed by atoms with Gasteiger partial charge in [0.2, 0.25) is 0 Å². The fraction of sp³-hybridized carbons (Fsp3) is 0.696. The van der Waals surface area contributed by atoms with Crippen LogP contribution in [0.2, 0.25) is 0 Å². The summed E-state index contributed by atoms with van der Waals surface area (Å²) in [6.45, 7) is 10.4. The van der Waals surface area contributed by atoms with Crippen LogP contribution in [-0.4, -0.2) is 56.4 Å². The normalized spacial score (nSPS) is 17.7. The molecular weight excluding hydrogens is 365 g/mol. The Morgan fingerprint density at radius 1 is 0.966 bits per heavy atom. The Labute approximate surface area is 177 Å². The Morgan fingerprint density at radius 3 is 2.14 bits per heavy atom. The molecule has 5 nitrogen and oxygen atoms in total. The van der Waals surface area contributed by atoms with Gasteiger partial charge < -0.3 is 18.9 Å². The molecule has 0 bridgehead atoms. The third-order valence-corrected chi connectivity index (χ3v) is 6.19. The van der Waals surface area contributed by atoms with Gasteiger partial charge in [0.05, 0.1) is 18.3 Å². The SMILES string of the molecule is COC(=O)CCCCCCN(C)CCc1ccc(B2OC(C)(C)C(C)(C)O2)cc1. The molecule has 29 heavy (non-hydrogen) atoms. The summed E-state index contributed by atoms with van der Waals surface area (Å²) in [6, 6.07) is 8.61. The molecule has 1 aromatic rings.